The lowest BCUT2D eigenvalue weighted by Crippen LogP contribution is -2.34. The topological polar surface area (TPSA) is 48.5 Å². The molecule has 0 saturated carbocycles. The first-order valence-electron chi connectivity index (χ1n) is 9.94. The Labute approximate surface area is 162 Å². The number of hydrogen-bond acceptors (Lipinski definition) is 4. The van der Waals surface area contributed by atoms with E-state index in [1.807, 2.05) is 19.1 Å². The first-order valence-corrected chi connectivity index (χ1v) is 9.94. The van der Waals surface area contributed by atoms with Crippen LogP contribution in [0, 0.1) is 0 Å². The Morgan fingerprint density at radius 2 is 1.96 bits per heavy atom. The first-order chi connectivity index (χ1) is 13.2. The number of hydrogen-bond donors (Lipinski definition) is 1. The van der Waals surface area contributed by atoms with E-state index in [2.05, 4.69) is 57.4 Å². The minimum absolute atomic E-state index is 0.0468. The monoisotopic (exact) mass is 366 g/mol. The van der Waals surface area contributed by atoms with Gasteiger partial charge in [0, 0.05) is 45.0 Å². The summed E-state index contributed by atoms with van der Waals surface area (Å²) in [5.74, 6) is 0.908. The van der Waals surface area contributed by atoms with Gasteiger partial charge in [0.2, 0.25) is 0 Å². The number of aromatic nitrogens is 1. The van der Waals surface area contributed by atoms with Crippen LogP contribution in [0.4, 0.5) is 5.82 Å². The van der Waals surface area contributed by atoms with Crippen molar-refractivity contribution in [1.82, 2.24) is 15.2 Å². The summed E-state index contributed by atoms with van der Waals surface area (Å²) in [5.41, 5.74) is 1.99. The summed E-state index contributed by atoms with van der Waals surface area (Å²) in [6, 6.07) is 15.0. The molecule has 1 amide bonds. The number of pyridine rings is 1. The smallest absolute Gasteiger partial charge is 0.252 e. The van der Waals surface area contributed by atoms with Crippen molar-refractivity contribution >= 4 is 11.7 Å². The maximum atomic E-state index is 12.0. The SMILES string of the molecule is CCCNC(=O)c1ccc(N2CCC(C)N(Cc3ccccc3)CC2)nc1. The zero-order valence-electron chi connectivity index (χ0n) is 16.4. The number of rotatable bonds is 6. The molecular formula is C22H30N4O. The molecule has 1 fully saturated rings. The summed E-state index contributed by atoms with van der Waals surface area (Å²) in [7, 11) is 0. The maximum absolute atomic E-state index is 12.0. The van der Waals surface area contributed by atoms with E-state index >= 15 is 0 Å². The average molecular weight is 367 g/mol. The lowest BCUT2D eigenvalue weighted by Gasteiger charge is -2.26. The third kappa shape index (κ3) is 5.30. The van der Waals surface area contributed by atoms with Crippen LogP contribution >= 0.6 is 0 Å². The molecule has 1 saturated heterocycles. The summed E-state index contributed by atoms with van der Waals surface area (Å²) in [6.45, 7) is 8.98. The van der Waals surface area contributed by atoms with E-state index in [1.165, 1.54) is 5.56 Å². The Morgan fingerprint density at radius 1 is 1.15 bits per heavy atom. The molecule has 5 heteroatoms. The largest absolute Gasteiger partial charge is 0.355 e. The number of carbonyl (C=O) groups is 1. The van der Waals surface area contributed by atoms with Crippen molar-refractivity contribution in [2.75, 3.05) is 31.1 Å². The van der Waals surface area contributed by atoms with Gasteiger partial charge >= 0.3 is 0 Å². The highest BCUT2D eigenvalue weighted by atomic mass is 16.1. The van der Waals surface area contributed by atoms with Gasteiger partial charge in [-0.15, -0.1) is 0 Å². The molecule has 1 aromatic carbocycles. The lowest BCUT2D eigenvalue weighted by molar-refractivity contribution is 0.0953. The molecule has 1 aromatic heterocycles. The summed E-state index contributed by atoms with van der Waals surface area (Å²) in [5, 5.41) is 2.89. The van der Waals surface area contributed by atoms with Crippen molar-refractivity contribution in [2.45, 2.75) is 39.3 Å². The fraction of sp³-hybridized carbons (Fsp3) is 0.455. The molecule has 0 spiro atoms. The van der Waals surface area contributed by atoms with Crippen LogP contribution < -0.4 is 10.2 Å². The minimum atomic E-state index is -0.0468. The Hall–Kier alpha value is -2.40. The van der Waals surface area contributed by atoms with Crippen molar-refractivity contribution in [2.24, 2.45) is 0 Å². The van der Waals surface area contributed by atoms with Gasteiger partial charge in [0.25, 0.3) is 5.91 Å². The average Bonchev–Trinajstić information content (AvgIpc) is 2.89. The van der Waals surface area contributed by atoms with E-state index in [0.717, 1.165) is 44.8 Å². The van der Waals surface area contributed by atoms with E-state index in [1.54, 1.807) is 6.20 Å². The van der Waals surface area contributed by atoms with E-state index in [0.29, 0.717) is 18.2 Å². The van der Waals surface area contributed by atoms with Gasteiger partial charge in [-0.3, -0.25) is 9.69 Å². The molecule has 0 radical (unpaired) electrons. The minimum Gasteiger partial charge on any atom is -0.355 e. The molecule has 0 bridgehead atoms. The van der Waals surface area contributed by atoms with Crippen LogP contribution in [0.1, 0.15) is 42.6 Å². The second-order valence-electron chi connectivity index (χ2n) is 7.24. The number of benzene rings is 1. The molecule has 27 heavy (non-hydrogen) atoms. The predicted octanol–water partition coefficient (Wildman–Crippen LogP) is 3.32. The highest BCUT2D eigenvalue weighted by molar-refractivity contribution is 5.94. The van der Waals surface area contributed by atoms with Gasteiger partial charge < -0.3 is 10.2 Å². The Kier molecular flexibility index (Phi) is 6.82. The molecule has 1 aliphatic rings. The number of carbonyl (C=O) groups excluding carboxylic acids is 1. The Morgan fingerprint density at radius 3 is 2.67 bits per heavy atom. The number of amides is 1. The normalized spacial score (nSPS) is 18.1. The van der Waals surface area contributed by atoms with Crippen molar-refractivity contribution in [3.63, 3.8) is 0 Å². The molecule has 1 atom stereocenters. The third-order valence-corrected chi connectivity index (χ3v) is 5.20. The van der Waals surface area contributed by atoms with Crippen LogP contribution in [0.5, 0.6) is 0 Å². The highest BCUT2D eigenvalue weighted by Gasteiger charge is 2.21. The fourth-order valence-corrected chi connectivity index (χ4v) is 3.44. The summed E-state index contributed by atoms with van der Waals surface area (Å²) >= 11 is 0. The standard InChI is InChI=1S/C22H30N4O/c1-3-12-23-22(27)20-9-10-21(24-16-20)25-13-11-18(2)26(15-14-25)17-19-7-5-4-6-8-19/h4-10,16,18H,3,11-15,17H2,1-2H3,(H,23,27). The number of anilines is 1. The van der Waals surface area contributed by atoms with Gasteiger partial charge in [0.05, 0.1) is 5.56 Å². The second-order valence-corrected chi connectivity index (χ2v) is 7.24. The van der Waals surface area contributed by atoms with Crippen LogP contribution in [0.25, 0.3) is 0 Å². The maximum Gasteiger partial charge on any atom is 0.252 e. The highest BCUT2D eigenvalue weighted by Crippen LogP contribution is 2.19. The van der Waals surface area contributed by atoms with Crippen molar-refractivity contribution in [3.05, 3.63) is 59.8 Å². The first kappa shape index (κ1) is 19.4. The molecule has 1 N–H and O–H groups in total. The predicted molar refractivity (Wildman–Crippen MR) is 110 cm³/mol. The number of nitrogens with one attached hydrogen (secondary N) is 1. The van der Waals surface area contributed by atoms with Crippen LogP contribution in [-0.2, 0) is 6.54 Å². The Balaban J connectivity index is 1.60. The van der Waals surface area contributed by atoms with Crippen molar-refractivity contribution in [1.29, 1.82) is 0 Å². The van der Waals surface area contributed by atoms with Gasteiger partial charge in [0.1, 0.15) is 5.82 Å². The zero-order valence-corrected chi connectivity index (χ0v) is 16.4. The molecule has 2 aromatic rings. The summed E-state index contributed by atoms with van der Waals surface area (Å²) in [6.07, 6.45) is 3.73. The Bertz CT molecular complexity index is 717. The van der Waals surface area contributed by atoms with E-state index < -0.39 is 0 Å². The van der Waals surface area contributed by atoms with E-state index in [-0.39, 0.29) is 5.91 Å². The molecule has 3 rings (SSSR count). The second kappa shape index (κ2) is 9.51. The molecule has 2 heterocycles. The van der Waals surface area contributed by atoms with Gasteiger partial charge in [0.15, 0.2) is 0 Å². The van der Waals surface area contributed by atoms with Gasteiger partial charge in [-0.1, -0.05) is 37.3 Å². The van der Waals surface area contributed by atoms with Crippen LogP contribution in [0.3, 0.4) is 0 Å². The quantitative estimate of drug-likeness (QED) is 0.852. The van der Waals surface area contributed by atoms with Gasteiger partial charge in [-0.2, -0.15) is 0 Å². The van der Waals surface area contributed by atoms with Gasteiger partial charge in [-0.05, 0) is 37.5 Å². The molecular weight excluding hydrogens is 336 g/mol. The summed E-state index contributed by atoms with van der Waals surface area (Å²) < 4.78 is 0. The van der Waals surface area contributed by atoms with Crippen LogP contribution in [-0.4, -0.2) is 48.0 Å². The molecule has 144 valence electrons. The lowest BCUT2D eigenvalue weighted by atomic mass is 10.1. The fourth-order valence-electron chi connectivity index (χ4n) is 3.44. The third-order valence-electron chi connectivity index (χ3n) is 5.20. The zero-order chi connectivity index (χ0) is 19.1. The number of nitrogens with zero attached hydrogens (tertiary/aromatic N) is 3. The molecule has 5 nitrogen and oxygen atoms in total. The molecule has 0 aliphatic carbocycles. The van der Waals surface area contributed by atoms with Crippen molar-refractivity contribution in [3.8, 4) is 0 Å². The van der Waals surface area contributed by atoms with Crippen LogP contribution in [0.2, 0.25) is 0 Å². The molecule has 1 unspecified atom stereocenters. The van der Waals surface area contributed by atoms with Gasteiger partial charge in [-0.25, -0.2) is 4.98 Å². The van der Waals surface area contributed by atoms with E-state index in [9.17, 15) is 4.79 Å². The van der Waals surface area contributed by atoms with E-state index in [4.69, 9.17) is 0 Å². The van der Waals surface area contributed by atoms with Crippen LogP contribution in [0.15, 0.2) is 48.7 Å². The van der Waals surface area contributed by atoms with Crippen molar-refractivity contribution < 1.29 is 4.79 Å². The summed E-state index contributed by atoms with van der Waals surface area (Å²) in [4.78, 5) is 21.5. The molecule has 1 aliphatic heterocycles.